The summed E-state index contributed by atoms with van der Waals surface area (Å²) in [6.07, 6.45) is 1.44. The van der Waals surface area contributed by atoms with Gasteiger partial charge in [0.05, 0.1) is 0 Å². The summed E-state index contributed by atoms with van der Waals surface area (Å²) in [6, 6.07) is 9.59. The number of fused-ring (bicyclic) bond motifs is 1. The number of carbonyl (C=O) groups excluding carboxylic acids is 1. The van der Waals surface area contributed by atoms with Gasteiger partial charge in [-0.05, 0) is 54.2 Å². The first-order valence-electron chi connectivity index (χ1n) is 6.54. The Labute approximate surface area is 112 Å². The number of rotatable bonds is 1. The van der Waals surface area contributed by atoms with Gasteiger partial charge in [-0.2, -0.15) is 0 Å². The lowest BCUT2D eigenvalue weighted by Gasteiger charge is -2.13. The van der Waals surface area contributed by atoms with Crippen molar-refractivity contribution >= 4 is 5.78 Å². The van der Waals surface area contributed by atoms with Crippen LogP contribution >= 0.6 is 0 Å². The number of hydrogen-bond acceptors (Lipinski definition) is 2. The van der Waals surface area contributed by atoms with Gasteiger partial charge in [0.15, 0.2) is 5.78 Å². The highest BCUT2D eigenvalue weighted by Crippen LogP contribution is 2.36. The third-order valence-corrected chi connectivity index (χ3v) is 4.13. The third kappa shape index (κ3) is 1.75. The van der Waals surface area contributed by atoms with Crippen molar-refractivity contribution < 1.29 is 9.90 Å². The monoisotopic (exact) mass is 252 g/mol. The molecule has 0 spiro atoms. The Kier molecular flexibility index (Phi) is 2.67. The van der Waals surface area contributed by atoms with E-state index >= 15 is 0 Å². The molecule has 2 nitrogen and oxygen atoms in total. The van der Waals surface area contributed by atoms with E-state index in [1.54, 1.807) is 6.07 Å². The van der Waals surface area contributed by atoms with Crippen LogP contribution in [-0.4, -0.2) is 10.9 Å². The van der Waals surface area contributed by atoms with E-state index in [1.807, 2.05) is 32.0 Å². The summed E-state index contributed by atoms with van der Waals surface area (Å²) < 4.78 is 0. The molecule has 0 saturated carbocycles. The Bertz CT molecular complexity index is 684. The van der Waals surface area contributed by atoms with Crippen LogP contribution in [0, 0.1) is 13.8 Å². The smallest absolute Gasteiger partial charge is 0.163 e. The van der Waals surface area contributed by atoms with Crippen LogP contribution in [0.4, 0.5) is 0 Å². The van der Waals surface area contributed by atoms with Crippen molar-refractivity contribution in [2.75, 3.05) is 0 Å². The van der Waals surface area contributed by atoms with Crippen LogP contribution in [0.1, 0.15) is 33.5 Å². The Morgan fingerprint density at radius 2 is 1.63 bits per heavy atom. The zero-order chi connectivity index (χ0) is 13.6. The highest BCUT2D eigenvalue weighted by Gasteiger charge is 2.23. The van der Waals surface area contributed by atoms with Crippen molar-refractivity contribution in [3.8, 4) is 16.9 Å². The fourth-order valence-corrected chi connectivity index (χ4v) is 2.84. The number of Topliss-reactive ketones (excluding diaryl/α,β-unsaturated/α-hetero) is 1. The number of hydrogen-bond donors (Lipinski definition) is 1. The molecule has 0 fully saturated rings. The lowest BCUT2D eigenvalue weighted by molar-refractivity contribution is 0.0994. The van der Waals surface area contributed by atoms with Gasteiger partial charge in [0.25, 0.3) is 0 Å². The minimum atomic E-state index is 0.241. The molecule has 0 unspecified atom stereocenters. The molecule has 0 saturated heterocycles. The lowest BCUT2D eigenvalue weighted by atomic mass is 9.91. The molecule has 0 amide bonds. The molecule has 0 aromatic heterocycles. The molecule has 96 valence electrons. The fourth-order valence-electron chi connectivity index (χ4n) is 2.84. The average Bonchev–Trinajstić information content (AvgIpc) is 2.79. The van der Waals surface area contributed by atoms with Gasteiger partial charge >= 0.3 is 0 Å². The van der Waals surface area contributed by atoms with E-state index in [0.29, 0.717) is 12.2 Å². The molecular weight excluding hydrogens is 236 g/mol. The first-order valence-corrected chi connectivity index (χ1v) is 6.54. The minimum absolute atomic E-state index is 0.241. The van der Waals surface area contributed by atoms with Crippen LogP contribution in [0.15, 0.2) is 30.3 Å². The summed E-state index contributed by atoms with van der Waals surface area (Å²) in [5.41, 5.74) is 6.24. The molecular formula is C17H16O2. The van der Waals surface area contributed by atoms with Crippen LogP contribution < -0.4 is 0 Å². The first kappa shape index (κ1) is 12.0. The standard InChI is InChI=1S/C17H16O2/c1-10-11(2)16(18)8-6-12(10)13-4-3-5-15-14(13)7-9-17(15)19/h3-6,8,18H,7,9H2,1-2H3. The molecule has 0 atom stereocenters. The van der Waals surface area contributed by atoms with Crippen molar-refractivity contribution in [1.82, 2.24) is 0 Å². The van der Waals surface area contributed by atoms with Crippen LogP contribution in [0.2, 0.25) is 0 Å². The third-order valence-electron chi connectivity index (χ3n) is 4.13. The lowest BCUT2D eigenvalue weighted by Crippen LogP contribution is -1.94. The summed E-state index contributed by atoms with van der Waals surface area (Å²) in [5.74, 6) is 0.565. The molecule has 0 bridgehead atoms. The molecule has 0 aliphatic heterocycles. The Hall–Kier alpha value is -2.09. The second-order valence-electron chi connectivity index (χ2n) is 5.14. The maximum atomic E-state index is 11.8. The number of carbonyl (C=O) groups is 1. The predicted molar refractivity (Wildman–Crippen MR) is 75.7 cm³/mol. The summed E-state index contributed by atoms with van der Waals surface area (Å²) in [6.45, 7) is 3.93. The zero-order valence-electron chi connectivity index (χ0n) is 11.2. The molecule has 2 aromatic carbocycles. The van der Waals surface area contributed by atoms with E-state index in [0.717, 1.165) is 39.8 Å². The first-order chi connectivity index (χ1) is 9.09. The fraction of sp³-hybridized carbons (Fsp3) is 0.235. The maximum Gasteiger partial charge on any atom is 0.163 e. The van der Waals surface area contributed by atoms with E-state index in [9.17, 15) is 9.90 Å². The second kappa shape index (κ2) is 4.23. The van der Waals surface area contributed by atoms with Gasteiger partial charge < -0.3 is 5.11 Å². The van der Waals surface area contributed by atoms with Gasteiger partial charge in [-0.1, -0.05) is 24.3 Å². The SMILES string of the molecule is Cc1c(O)ccc(-c2cccc3c2CCC3=O)c1C. The Balaban J connectivity index is 2.25. The van der Waals surface area contributed by atoms with Gasteiger partial charge in [0.1, 0.15) is 5.75 Å². The number of phenols is 1. The molecule has 1 aliphatic carbocycles. The number of phenolic OH excluding ortho intramolecular Hbond substituents is 1. The van der Waals surface area contributed by atoms with Crippen LogP contribution in [0.5, 0.6) is 5.75 Å². The maximum absolute atomic E-state index is 11.8. The molecule has 1 aliphatic rings. The van der Waals surface area contributed by atoms with Crippen molar-refractivity contribution in [1.29, 1.82) is 0 Å². The minimum Gasteiger partial charge on any atom is -0.508 e. The molecule has 1 N–H and O–H groups in total. The Morgan fingerprint density at radius 1 is 0.895 bits per heavy atom. The van der Waals surface area contributed by atoms with Gasteiger partial charge in [-0.25, -0.2) is 0 Å². The summed E-state index contributed by atoms with van der Waals surface area (Å²) in [5, 5.41) is 9.75. The summed E-state index contributed by atoms with van der Waals surface area (Å²) in [4.78, 5) is 11.8. The quantitative estimate of drug-likeness (QED) is 0.838. The predicted octanol–water partition coefficient (Wildman–Crippen LogP) is 3.80. The van der Waals surface area contributed by atoms with E-state index in [2.05, 4.69) is 6.07 Å². The second-order valence-corrected chi connectivity index (χ2v) is 5.14. The van der Waals surface area contributed by atoms with E-state index in [4.69, 9.17) is 0 Å². The van der Waals surface area contributed by atoms with Crippen molar-refractivity contribution in [2.45, 2.75) is 26.7 Å². The molecule has 0 radical (unpaired) electrons. The largest absolute Gasteiger partial charge is 0.508 e. The van der Waals surface area contributed by atoms with Crippen LogP contribution in [0.25, 0.3) is 11.1 Å². The average molecular weight is 252 g/mol. The Morgan fingerprint density at radius 3 is 2.42 bits per heavy atom. The van der Waals surface area contributed by atoms with Crippen molar-refractivity contribution in [3.63, 3.8) is 0 Å². The van der Waals surface area contributed by atoms with Gasteiger partial charge in [0, 0.05) is 12.0 Å². The summed E-state index contributed by atoms with van der Waals surface area (Å²) >= 11 is 0. The van der Waals surface area contributed by atoms with Crippen LogP contribution in [0.3, 0.4) is 0 Å². The summed E-state index contributed by atoms with van der Waals surface area (Å²) in [7, 11) is 0. The molecule has 2 aromatic rings. The van der Waals surface area contributed by atoms with E-state index in [-0.39, 0.29) is 5.78 Å². The molecule has 19 heavy (non-hydrogen) atoms. The van der Waals surface area contributed by atoms with Crippen LogP contribution in [-0.2, 0) is 6.42 Å². The molecule has 3 rings (SSSR count). The zero-order valence-corrected chi connectivity index (χ0v) is 11.2. The van der Waals surface area contributed by atoms with E-state index in [1.165, 1.54) is 0 Å². The molecule has 0 heterocycles. The number of benzene rings is 2. The topological polar surface area (TPSA) is 37.3 Å². The molecule has 2 heteroatoms. The van der Waals surface area contributed by atoms with Crippen molar-refractivity contribution in [2.24, 2.45) is 0 Å². The highest BCUT2D eigenvalue weighted by molar-refractivity contribution is 6.02. The normalized spacial score (nSPS) is 13.7. The van der Waals surface area contributed by atoms with Crippen molar-refractivity contribution in [3.05, 3.63) is 52.6 Å². The van der Waals surface area contributed by atoms with E-state index < -0.39 is 0 Å². The number of aromatic hydroxyl groups is 1. The highest BCUT2D eigenvalue weighted by atomic mass is 16.3. The van der Waals surface area contributed by atoms with Gasteiger partial charge in [-0.3, -0.25) is 4.79 Å². The van der Waals surface area contributed by atoms with Gasteiger partial charge in [-0.15, -0.1) is 0 Å². The number of ketones is 1. The van der Waals surface area contributed by atoms with Gasteiger partial charge in [0.2, 0.25) is 0 Å².